The van der Waals surface area contributed by atoms with Crippen molar-refractivity contribution in [1.29, 1.82) is 0 Å². The van der Waals surface area contributed by atoms with Gasteiger partial charge in [-0.2, -0.15) is 0 Å². The molecule has 1 saturated heterocycles. The lowest BCUT2D eigenvalue weighted by molar-refractivity contribution is -0.148. The molecule has 2 rings (SSSR count). The van der Waals surface area contributed by atoms with Crippen molar-refractivity contribution in [2.75, 3.05) is 13.7 Å². The standard InChI is InChI=1S/C15H18BrNO4/c1-9-5-11(16)4-3-10(9)6-14(18)17-8-12(21-2)7-13(17)15(19)20/h3-5,12-13H,6-8H2,1-2H3,(H,19,20). The van der Waals surface area contributed by atoms with Gasteiger partial charge in [-0.3, -0.25) is 4.79 Å². The number of benzene rings is 1. The van der Waals surface area contributed by atoms with Gasteiger partial charge in [-0.15, -0.1) is 0 Å². The van der Waals surface area contributed by atoms with Crippen molar-refractivity contribution in [2.24, 2.45) is 0 Å². The van der Waals surface area contributed by atoms with Gasteiger partial charge in [0.05, 0.1) is 12.5 Å². The molecule has 1 heterocycles. The van der Waals surface area contributed by atoms with Gasteiger partial charge in [0, 0.05) is 24.5 Å². The molecule has 6 heteroatoms. The number of carboxylic acids is 1. The van der Waals surface area contributed by atoms with Crippen LogP contribution in [0.3, 0.4) is 0 Å². The van der Waals surface area contributed by atoms with Crippen LogP contribution in [-0.4, -0.2) is 47.7 Å². The van der Waals surface area contributed by atoms with Gasteiger partial charge in [0.25, 0.3) is 0 Å². The predicted molar refractivity (Wildman–Crippen MR) is 81.1 cm³/mol. The molecule has 2 atom stereocenters. The molecule has 1 aliphatic heterocycles. The van der Waals surface area contributed by atoms with E-state index in [1.807, 2.05) is 25.1 Å². The van der Waals surface area contributed by atoms with Crippen molar-refractivity contribution in [2.45, 2.75) is 31.9 Å². The van der Waals surface area contributed by atoms with Crippen molar-refractivity contribution in [3.05, 3.63) is 33.8 Å². The first kappa shape index (κ1) is 16.0. The van der Waals surface area contributed by atoms with Crippen LogP contribution in [0.25, 0.3) is 0 Å². The number of carbonyl (C=O) groups is 2. The van der Waals surface area contributed by atoms with Gasteiger partial charge in [0.2, 0.25) is 5.91 Å². The molecule has 1 aliphatic rings. The van der Waals surface area contributed by atoms with E-state index in [0.29, 0.717) is 13.0 Å². The van der Waals surface area contributed by atoms with E-state index in [4.69, 9.17) is 4.74 Å². The van der Waals surface area contributed by atoms with Crippen LogP contribution in [-0.2, 0) is 20.7 Å². The summed E-state index contributed by atoms with van der Waals surface area (Å²) in [6, 6.07) is 4.92. The monoisotopic (exact) mass is 355 g/mol. The molecule has 1 aromatic carbocycles. The lowest BCUT2D eigenvalue weighted by Crippen LogP contribution is -2.41. The van der Waals surface area contributed by atoms with Gasteiger partial charge in [0.1, 0.15) is 6.04 Å². The normalized spacial score (nSPS) is 21.6. The summed E-state index contributed by atoms with van der Waals surface area (Å²) in [6.07, 6.45) is 0.344. The summed E-state index contributed by atoms with van der Waals surface area (Å²) in [5.74, 6) is -1.15. The minimum atomic E-state index is -0.976. The first-order chi connectivity index (χ1) is 9.92. The highest BCUT2D eigenvalue weighted by Crippen LogP contribution is 2.23. The van der Waals surface area contributed by atoms with Crippen molar-refractivity contribution in [3.63, 3.8) is 0 Å². The topological polar surface area (TPSA) is 66.8 Å². The molecular weight excluding hydrogens is 338 g/mol. The third-order valence-corrected chi connectivity index (χ3v) is 4.34. The van der Waals surface area contributed by atoms with Crippen molar-refractivity contribution in [1.82, 2.24) is 4.90 Å². The number of carbonyl (C=O) groups excluding carboxylic acids is 1. The highest BCUT2D eigenvalue weighted by Gasteiger charge is 2.39. The Kier molecular flexibility index (Phi) is 5.00. The largest absolute Gasteiger partial charge is 0.480 e. The molecule has 1 N–H and O–H groups in total. The van der Waals surface area contributed by atoms with Gasteiger partial charge in [-0.25, -0.2) is 4.79 Å². The van der Waals surface area contributed by atoms with Crippen LogP contribution in [0.4, 0.5) is 0 Å². The zero-order chi connectivity index (χ0) is 15.6. The number of amides is 1. The molecule has 0 radical (unpaired) electrons. The van der Waals surface area contributed by atoms with Crippen LogP contribution in [0, 0.1) is 6.92 Å². The highest BCUT2D eigenvalue weighted by atomic mass is 79.9. The van der Waals surface area contributed by atoms with E-state index in [1.54, 1.807) is 0 Å². The number of nitrogens with zero attached hydrogens (tertiary/aromatic N) is 1. The molecule has 5 nitrogen and oxygen atoms in total. The number of aryl methyl sites for hydroxylation is 1. The van der Waals surface area contributed by atoms with Crippen LogP contribution in [0.1, 0.15) is 17.5 Å². The van der Waals surface area contributed by atoms with Gasteiger partial charge in [-0.05, 0) is 30.2 Å². The molecule has 114 valence electrons. The van der Waals surface area contributed by atoms with E-state index in [2.05, 4.69) is 15.9 Å². The summed E-state index contributed by atoms with van der Waals surface area (Å²) in [5, 5.41) is 9.25. The molecule has 2 unspecified atom stereocenters. The number of aliphatic carboxylic acids is 1. The summed E-state index contributed by atoms with van der Waals surface area (Å²) >= 11 is 3.39. The average Bonchev–Trinajstić information content (AvgIpc) is 2.86. The molecule has 0 spiro atoms. The third kappa shape index (κ3) is 3.63. The second-order valence-electron chi connectivity index (χ2n) is 5.24. The van der Waals surface area contributed by atoms with Crippen LogP contribution < -0.4 is 0 Å². The van der Waals surface area contributed by atoms with Crippen molar-refractivity contribution in [3.8, 4) is 0 Å². The maximum Gasteiger partial charge on any atom is 0.326 e. The number of hydrogen-bond acceptors (Lipinski definition) is 3. The Hall–Kier alpha value is -1.40. The second kappa shape index (κ2) is 6.58. The zero-order valence-electron chi connectivity index (χ0n) is 12.0. The van der Waals surface area contributed by atoms with Crippen molar-refractivity contribution >= 4 is 27.8 Å². The van der Waals surface area contributed by atoms with Gasteiger partial charge in [0.15, 0.2) is 0 Å². The fourth-order valence-corrected chi connectivity index (χ4v) is 3.08. The number of carboxylic acid groups (broad SMARTS) is 1. The Bertz CT molecular complexity index is 561. The van der Waals surface area contributed by atoms with Crippen LogP contribution in [0.15, 0.2) is 22.7 Å². The third-order valence-electron chi connectivity index (χ3n) is 3.85. The molecule has 0 aromatic heterocycles. The molecule has 0 saturated carbocycles. The Morgan fingerprint density at radius 1 is 1.48 bits per heavy atom. The quantitative estimate of drug-likeness (QED) is 0.896. The molecule has 0 bridgehead atoms. The highest BCUT2D eigenvalue weighted by molar-refractivity contribution is 9.10. The van der Waals surface area contributed by atoms with Crippen LogP contribution >= 0.6 is 15.9 Å². The van der Waals surface area contributed by atoms with E-state index in [9.17, 15) is 14.7 Å². The van der Waals surface area contributed by atoms with Crippen LogP contribution in [0.5, 0.6) is 0 Å². The maximum atomic E-state index is 12.4. The van der Waals surface area contributed by atoms with Gasteiger partial charge in [-0.1, -0.05) is 22.0 Å². The summed E-state index contributed by atoms with van der Waals surface area (Å²) in [6.45, 7) is 2.27. The first-order valence-electron chi connectivity index (χ1n) is 6.72. The van der Waals surface area contributed by atoms with E-state index >= 15 is 0 Å². The van der Waals surface area contributed by atoms with Crippen LogP contribution in [0.2, 0.25) is 0 Å². The number of halogens is 1. The second-order valence-corrected chi connectivity index (χ2v) is 6.16. The Morgan fingerprint density at radius 2 is 2.19 bits per heavy atom. The van der Waals surface area contributed by atoms with Gasteiger partial charge >= 0.3 is 5.97 Å². The number of methoxy groups -OCH3 is 1. The predicted octanol–water partition coefficient (Wildman–Crippen LogP) is 2.00. The molecule has 0 aliphatic carbocycles. The minimum absolute atomic E-state index is 0.174. The lowest BCUT2D eigenvalue weighted by atomic mass is 10.1. The Morgan fingerprint density at radius 3 is 2.76 bits per heavy atom. The van der Waals surface area contributed by atoms with E-state index in [1.165, 1.54) is 12.0 Å². The van der Waals surface area contributed by atoms with Gasteiger partial charge < -0.3 is 14.7 Å². The Balaban J connectivity index is 2.13. The number of hydrogen-bond donors (Lipinski definition) is 1. The summed E-state index contributed by atoms with van der Waals surface area (Å²) in [7, 11) is 1.54. The summed E-state index contributed by atoms with van der Waals surface area (Å²) in [5.41, 5.74) is 1.92. The molecule has 1 aromatic rings. The smallest absolute Gasteiger partial charge is 0.326 e. The Labute approximate surface area is 132 Å². The van der Waals surface area contributed by atoms with E-state index < -0.39 is 12.0 Å². The van der Waals surface area contributed by atoms with Crippen molar-refractivity contribution < 1.29 is 19.4 Å². The molecule has 21 heavy (non-hydrogen) atoms. The average molecular weight is 356 g/mol. The zero-order valence-corrected chi connectivity index (χ0v) is 13.6. The molecule has 1 amide bonds. The fourth-order valence-electron chi connectivity index (χ4n) is 2.60. The first-order valence-corrected chi connectivity index (χ1v) is 7.51. The summed E-state index contributed by atoms with van der Waals surface area (Å²) in [4.78, 5) is 25.1. The number of likely N-dealkylation sites (tertiary alicyclic amines) is 1. The molecular formula is C15H18BrNO4. The molecule has 1 fully saturated rings. The maximum absolute atomic E-state index is 12.4. The number of rotatable bonds is 4. The van der Waals surface area contributed by atoms with E-state index in [0.717, 1.165) is 15.6 Å². The SMILES string of the molecule is COC1CC(C(=O)O)N(C(=O)Cc2ccc(Br)cc2C)C1. The lowest BCUT2D eigenvalue weighted by Gasteiger charge is -2.21. The fraction of sp³-hybridized carbons (Fsp3) is 0.467. The number of ether oxygens (including phenoxy) is 1. The summed E-state index contributed by atoms with van der Waals surface area (Å²) < 4.78 is 6.16. The van der Waals surface area contributed by atoms with E-state index in [-0.39, 0.29) is 18.4 Å². The minimum Gasteiger partial charge on any atom is -0.480 e.